The molecule has 10 rings (SSSR count). The highest BCUT2D eigenvalue weighted by Gasteiger charge is 2.74. The van der Waals surface area contributed by atoms with Gasteiger partial charge in [0.2, 0.25) is 11.8 Å². The Labute approximate surface area is 380 Å². The molecule has 7 aromatic rings. The lowest BCUT2D eigenvalue weighted by Gasteiger charge is -2.46. The van der Waals surface area contributed by atoms with Crippen LogP contribution in [0.2, 0.25) is 0 Å². The minimum absolute atomic E-state index is 0.0281. The number of thiazole rings is 1. The summed E-state index contributed by atoms with van der Waals surface area (Å²) in [6, 6.07) is 47.0. The smallest absolute Gasteiger partial charge is 0.324 e. The molecule has 2 saturated heterocycles. The molecule has 65 heavy (non-hydrogen) atoms. The largest absolute Gasteiger partial charge is 0.491 e. The number of nitrogens with one attached hydrogen (secondary N) is 2. The normalized spacial score (nSPS) is 22.2. The van der Waals surface area contributed by atoms with Gasteiger partial charge >= 0.3 is 5.97 Å². The number of carbonyl (C=O) groups excluding carboxylic acids is 3. The standard InChI is InChI=1S/C53H45N5O6S/c1-57(33-35-16-5-2-6-17-35)29-15-18-34-27-28-40-39(32-34)53(51(62)54-40)44(49(60)56-52-55-41-24-12-14-26-43(41)65-52)46-50(61)64-47(37-21-9-4-10-22-37)45(36-19-7-3-8-20-36)58(46)48(53)38-23-11-13-25-42(38)63-31-30-59/h2-14,16-17,19-28,32,44-48,59H,29-31,33H2,1H3,(H,54,62)(H,55,56,60). The number of esters is 1. The summed E-state index contributed by atoms with van der Waals surface area (Å²) in [6.45, 7) is 0.900. The Hall–Kier alpha value is -7.14. The average Bonchev–Trinajstić information content (AvgIpc) is 3.98. The molecule has 1 spiro atoms. The molecular formula is C53H45N5O6S. The first-order valence-corrected chi connectivity index (χ1v) is 22.4. The van der Waals surface area contributed by atoms with Gasteiger partial charge in [-0.15, -0.1) is 0 Å². The minimum atomic E-state index is -1.78. The molecule has 3 aliphatic rings. The number of aromatic nitrogens is 1. The highest BCUT2D eigenvalue weighted by Crippen LogP contribution is 2.65. The van der Waals surface area contributed by atoms with Crippen LogP contribution in [0.4, 0.5) is 10.8 Å². The van der Waals surface area contributed by atoms with Gasteiger partial charge in [0.25, 0.3) is 0 Å². The van der Waals surface area contributed by atoms with Crippen molar-refractivity contribution in [3.8, 4) is 17.6 Å². The van der Waals surface area contributed by atoms with Gasteiger partial charge in [0.15, 0.2) is 5.13 Å². The number of fused-ring (bicyclic) bond motifs is 4. The molecule has 3 N–H and O–H groups in total. The van der Waals surface area contributed by atoms with Crippen LogP contribution in [0.1, 0.15) is 51.6 Å². The van der Waals surface area contributed by atoms with E-state index in [2.05, 4.69) is 39.5 Å². The lowest BCUT2D eigenvalue weighted by Crippen LogP contribution is -2.53. The van der Waals surface area contributed by atoms with E-state index in [1.807, 2.05) is 151 Å². The molecule has 3 aliphatic heterocycles. The number of anilines is 2. The third kappa shape index (κ3) is 7.62. The number of nitrogens with zero attached hydrogens (tertiary/aromatic N) is 3. The van der Waals surface area contributed by atoms with Gasteiger partial charge in [-0.1, -0.05) is 145 Å². The topological polar surface area (TPSA) is 133 Å². The monoisotopic (exact) mass is 879 g/mol. The number of morpholine rings is 1. The van der Waals surface area contributed by atoms with Crippen LogP contribution >= 0.6 is 11.3 Å². The van der Waals surface area contributed by atoms with E-state index in [0.29, 0.717) is 51.9 Å². The Morgan fingerprint density at radius 1 is 0.877 bits per heavy atom. The van der Waals surface area contributed by atoms with E-state index in [-0.39, 0.29) is 13.2 Å². The molecule has 0 saturated carbocycles. The summed E-state index contributed by atoms with van der Waals surface area (Å²) in [6.07, 6.45) is -0.840. The second-order valence-corrected chi connectivity index (χ2v) is 17.6. The SMILES string of the molecule is CN(CC#Cc1ccc2c(c1)C1(C(=O)N2)C(C(=O)Nc2nc3ccccc3s2)C2C(=O)OC(c3ccccc3)C(c3ccccc3)N2C1c1ccccc1OCCO)Cc1ccccc1. The summed E-state index contributed by atoms with van der Waals surface area (Å²) >= 11 is 1.31. The maximum absolute atomic E-state index is 15.7. The van der Waals surface area contributed by atoms with E-state index in [4.69, 9.17) is 14.5 Å². The maximum Gasteiger partial charge on any atom is 0.324 e. The lowest BCUT2D eigenvalue weighted by atomic mass is 9.65. The fraction of sp³-hybridized carbons (Fsp3) is 0.208. The number of hydrogen-bond acceptors (Lipinski definition) is 10. The number of para-hydroxylation sites is 2. The molecule has 1 aromatic heterocycles. The van der Waals surface area contributed by atoms with Crippen LogP contribution in [0, 0.1) is 17.8 Å². The fourth-order valence-corrected chi connectivity index (χ4v) is 10.8. The second-order valence-electron chi connectivity index (χ2n) is 16.5. The van der Waals surface area contributed by atoms with E-state index in [9.17, 15) is 5.11 Å². The van der Waals surface area contributed by atoms with Crippen molar-refractivity contribution in [2.45, 2.75) is 36.2 Å². The number of aliphatic hydroxyl groups excluding tert-OH is 1. The van der Waals surface area contributed by atoms with Gasteiger partial charge < -0.3 is 25.2 Å². The van der Waals surface area contributed by atoms with Crippen LogP contribution in [0.3, 0.4) is 0 Å². The van der Waals surface area contributed by atoms with Crippen molar-refractivity contribution in [3.63, 3.8) is 0 Å². The van der Waals surface area contributed by atoms with Gasteiger partial charge in [-0.2, -0.15) is 0 Å². The number of benzene rings is 6. The van der Waals surface area contributed by atoms with Gasteiger partial charge in [0, 0.05) is 23.4 Å². The van der Waals surface area contributed by atoms with E-state index in [1.54, 1.807) is 6.07 Å². The Morgan fingerprint density at radius 2 is 1.57 bits per heavy atom. The number of rotatable bonds is 11. The first-order valence-electron chi connectivity index (χ1n) is 21.6. The third-order valence-electron chi connectivity index (χ3n) is 12.6. The number of ether oxygens (including phenoxy) is 2. The molecule has 6 unspecified atom stereocenters. The van der Waals surface area contributed by atoms with Crippen LogP contribution < -0.4 is 15.4 Å². The molecule has 0 aliphatic carbocycles. The summed E-state index contributed by atoms with van der Waals surface area (Å²) in [5.74, 6) is 4.01. The van der Waals surface area contributed by atoms with Crippen molar-refractivity contribution in [1.29, 1.82) is 0 Å². The predicted molar refractivity (Wildman–Crippen MR) is 250 cm³/mol. The zero-order valence-corrected chi connectivity index (χ0v) is 36.3. The Morgan fingerprint density at radius 3 is 2.32 bits per heavy atom. The molecule has 0 bridgehead atoms. The summed E-state index contributed by atoms with van der Waals surface area (Å²) < 4.78 is 13.7. The van der Waals surface area contributed by atoms with Gasteiger partial charge in [-0.25, -0.2) is 4.98 Å². The number of carbonyl (C=O) groups is 3. The van der Waals surface area contributed by atoms with Crippen molar-refractivity contribution < 1.29 is 29.0 Å². The van der Waals surface area contributed by atoms with Crippen molar-refractivity contribution in [2.24, 2.45) is 5.92 Å². The van der Waals surface area contributed by atoms with Crippen molar-refractivity contribution in [2.75, 3.05) is 37.4 Å². The van der Waals surface area contributed by atoms with Crippen LogP contribution in [0.25, 0.3) is 10.2 Å². The number of cyclic esters (lactones) is 1. The summed E-state index contributed by atoms with van der Waals surface area (Å²) in [5.41, 5.74) is 3.88. The lowest BCUT2D eigenvalue weighted by molar-refractivity contribution is -0.177. The van der Waals surface area contributed by atoms with Crippen LogP contribution in [-0.4, -0.2) is 70.5 Å². The molecule has 324 valence electrons. The Balaban J connectivity index is 1.19. The summed E-state index contributed by atoms with van der Waals surface area (Å²) in [4.78, 5) is 55.5. The van der Waals surface area contributed by atoms with E-state index in [0.717, 1.165) is 15.8 Å². The molecule has 4 heterocycles. The zero-order chi connectivity index (χ0) is 44.5. The minimum Gasteiger partial charge on any atom is -0.491 e. The van der Waals surface area contributed by atoms with Crippen LogP contribution in [0.5, 0.6) is 5.75 Å². The maximum atomic E-state index is 15.7. The quantitative estimate of drug-likeness (QED) is 0.0872. The van der Waals surface area contributed by atoms with E-state index in [1.165, 1.54) is 16.9 Å². The van der Waals surface area contributed by atoms with Crippen molar-refractivity contribution in [3.05, 3.63) is 191 Å². The molecule has 6 aromatic carbocycles. The van der Waals surface area contributed by atoms with Crippen molar-refractivity contribution in [1.82, 2.24) is 14.8 Å². The zero-order valence-electron chi connectivity index (χ0n) is 35.5. The van der Waals surface area contributed by atoms with Gasteiger partial charge in [-0.3, -0.25) is 24.2 Å². The predicted octanol–water partition coefficient (Wildman–Crippen LogP) is 8.06. The van der Waals surface area contributed by atoms with Crippen LogP contribution in [0.15, 0.2) is 158 Å². The average molecular weight is 880 g/mol. The van der Waals surface area contributed by atoms with E-state index < -0.39 is 53.3 Å². The Kier molecular flexibility index (Phi) is 11.5. The van der Waals surface area contributed by atoms with Gasteiger partial charge in [0.05, 0.1) is 41.4 Å². The number of amides is 2. The van der Waals surface area contributed by atoms with Gasteiger partial charge in [0.1, 0.15) is 29.9 Å². The summed E-state index contributed by atoms with van der Waals surface area (Å²) in [7, 11) is 2.01. The highest BCUT2D eigenvalue weighted by atomic mass is 32.1. The highest BCUT2D eigenvalue weighted by molar-refractivity contribution is 7.22. The van der Waals surface area contributed by atoms with Crippen molar-refractivity contribution >= 4 is 50.2 Å². The molecule has 12 heteroatoms. The molecular weight excluding hydrogens is 835 g/mol. The fourth-order valence-electron chi connectivity index (χ4n) is 9.97. The molecule has 2 amide bonds. The van der Waals surface area contributed by atoms with E-state index >= 15 is 14.4 Å². The third-order valence-corrected chi connectivity index (χ3v) is 13.5. The Bertz CT molecular complexity index is 2920. The second kappa shape index (κ2) is 17.8. The first kappa shape index (κ1) is 41.8. The number of hydrogen-bond donors (Lipinski definition) is 3. The van der Waals surface area contributed by atoms with Gasteiger partial charge in [-0.05, 0) is 65.7 Å². The molecule has 2 fully saturated rings. The molecule has 6 atom stereocenters. The molecule has 11 nitrogen and oxygen atoms in total. The number of aliphatic hydroxyl groups is 1. The summed E-state index contributed by atoms with van der Waals surface area (Å²) in [5, 5.41) is 16.6. The molecule has 0 radical (unpaired) electrons. The first-order chi connectivity index (χ1) is 31.8. The van der Waals surface area contributed by atoms with Crippen LogP contribution in [-0.2, 0) is 31.1 Å².